The quantitative estimate of drug-likeness (QED) is 0.107. The number of aromatic carboxylic acids is 1. The van der Waals surface area contributed by atoms with Crippen molar-refractivity contribution in [2.24, 2.45) is 0 Å². The summed E-state index contributed by atoms with van der Waals surface area (Å²) in [5.74, 6) is 0.243. The first-order valence-electron chi connectivity index (χ1n) is 19.3. The van der Waals surface area contributed by atoms with Crippen LogP contribution in [0.15, 0.2) is 128 Å². The highest BCUT2D eigenvalue weighted by Gasteiger charge is 2.12. The number of Topliss-reactive ketones (excluding diaryl/α,β-unsaturated/α-hetero) is 2. The number of carbonyl (C=O) groups is 3. The molecule has 0 aliphatic rings. The fraction of sp³-hybridized carbons (Fsp3) is 0.0870. The maximum Gasteiger partial charge on any atom is 0.335 e. The zero-order valence-electron chi connectivity index (χ0n) is 33.5. The highest BCUT2D eigenvalue weighted by molar-refractivity contribution is 5.98. The molecule has 16 heteroatoms. The summed E-state index contributed by atoms with van der Waals surface area (Å²) >= 11 is 0. The summed E-state index contributed by atoms with van der Waals surface area (Å²) in [4.78, 5) is 72.2. The second-order valence-corrected chi connectivity index (χ2v) is 13.6. The average Bonchev–Trinajstić information content (AvgIpc) is 3.31. The van der Waals surface area contributed by atoms with Crippen LogP contribution in [-0.2, 0) is 0 Å². The van der Waals surface area contributed by atoms with E-state index in [9.17, 15) is 14.4 Å². The lowest BCUT2D eigenvalue weighted by molar-refractivity contribution is 0.0696. The van der Waals surface area contributed by atoms with Crippen LogP contribution in [0, 0.1) is 0 Å². The molecule has 0 radical (unpaired) electrons. The Hall–Kier alpha value is -8.66. The SMILES string of the molecule is CCC(=O)c1cccc(-c2ccc3ncnc(N)c3n2)c1.CCC(=O)c1cccc(-c2ccc3ncnc(N)c3n2)c1.Nc1ncnc2ccc(-c3cccc(C(=O)O)c3)nc12. The summed E-state index contributed by atoms with van der Waals surface area (Å²) < 4.78 is 0. The number of aromatic nitrogens is 9. The summed E-state index contributed by atoms with van der Waals surface area (Å²) in [7, 11) is 0. The Morgan fingerprint density at radius 3 is 1.10 bits per heavy atom. The molecule has 9 rings (SSSR count). The maximum absolute atomic E-state index is 11.8. The number of nitrogens with zero attached hydrogens (tertiary/aromatic N) is 9. The van der Waals surface area contributed by atoms with E-state index < -0.39 is 5.97 Å². The lowest BCUT2D eigenvalue weighted by atomic mass is 10.0. The monoisotopic (exact) mass is 822 g/mol. The lowest BCUT2D eigenvalue weighted by Gasteiger charge is -2.06. The molecule has 0 unspecified atom stereocenters. The van der Waals surface area contributed by atoms with Crippen molar-refractivity contribution >= 4 is 68.1 Å². The van der Waals surface area contributed by atoms with Crippen LogP contribution in [0.4, 0.5) is 17.5 Å². The molecular weight excluding hydrogens is 785 g/mol. The van der Waals surface area contributed by atoms with Gasteiger partial charge in [-0.05, 0) is 60.7 Å². The van der Waals surface area contributed by atoms with Crippen molar-refractivity contribution in [3.63, 3.8) is 0 Å². The van der Waals surface area contributed by atoms with Gasteiger partial charge in [0.25, 0.3) is 0 Å². The smallest absolute Gasteiger partial charge is 0.335 e. The highest BCUT2D eigenvalue weighted by atomic mass is 16.4. The standard InChI is InChI=1S/2C16H14N4O.C14H10N4O2/c2*1-2-14(21)11-5-3-4-10(8-11)12-6-7-13-15(20-12)16(17)19-9-18-13;15-13-12-11(16-7-17-13)5-4-10(18-12)8-2-1-3-9(6-8)14(19)20/h2*3-9H,2H2,1H3,(H2,17,18,19);1-7H,(H,19,20)(H2,15,16,17). The lowest BCUT2D eigenvalue weighted by Crippen LogP contribution is -1.98. The molecule has 6 heterocycles. The van der Waals surface area contributed by atoms with Crippen molar-refractivity contribution < 1.29 is 19.5 Å². The molecule has 9 aromatic rings. The maximum atomic E-state index is 11.8. The summed E-state index contributed by atoms with van der Waals surface area (Å²) in [5, 5.41) is 9.01. The van der Waals surface area contributed by atoms with Crippen molar-refractivity contribution in [3.8, 4) is 33.8 Å². The molecule has 0 spiro atoms. The second kappa shape index (κ2) is 18.5. The van der Waals surface area contributed by atoms with E-state index >= 15 is 0 Å². The molecule has 0 fully saturated rings. The number of carbonyl (C=O) groups excluding carboxylic acids is 2. The van der Waals surface area contributed by atoms with Crippen LogP contribution in [0.5, 0.6) is 0 Å². The highest BCUT2D eigenvalue weighted by Crippen LogP contribution is 2.26. The van der Waals surface area contributed by atoms with Crippen LogP contribution >= 0.6 is 0 Å². The molecule has 0 aliphatic carbocycles. The Kier molecular flexibility index (Phi) is 12.4. The van der Waals surface area contributed by atoms with Crippen LogP contribution in [0.3, 0.4) is 0 Å². The van der Waals surface area contributed by atoms with Gasteiger partial charge in [-0.1, -0.05) is 62.4 Å². The Morgan fingerprint density at radius 1 is 0.452 bits per heavy atom. The predicted octanol–water partition coefficient (Wildman–Crippen LogP) is 7.71. The normalized spacial score (nSPS) is 10.7. The third-order valence-corrected chi connectivity index (χ3v) is 9.54. The number of pyridine rings is 3. The largest absolute Gasteiger partial charge is 0.478 e. The Labute approximate surface area is 354 Å². The third-order valence-electron chi connectivity index (χ3n) is 9.54. The topological polar surface area (TPSA) is 266 Å². The summed E-state index contributed by atoms with van der Waals surface area (Å²) in [6, 6.07) is 32.4. The Balaban J connectivity index is 0.000000140. The minimum atomic E-state index is -0.976. The van der Waals surface area contributed by atoms with Crippen molar-refractivity contribution in [2.45, 2.75) is 26.7 Å². The first-order chi connectivity index (χ1) is 30.0. The van der Waals surface area contributed by atoms with Gasteiger partial charge in [0.1, 0.15) is 35.5 Å². The number of hydrogen-bond donors (Lipinski definition) is 4. The number of carboxylic acid groups (broad SMARTS) is 1. The zero-order valence-corrected chi connectivity index (χ0v) is 33.5. The van der Waals surface area contributed by atoms with Gasteiger partial charge < -0.3 is 22.3 Å². The van der Waals surface area contributed by atoms with Gasteiger partial charge in [0, 0.05) is 40.7 Å². The molecule has 0 bridgehead atoms. The first kappa shape index (κ1) is 41.5. The molecule has 6 aromatic heterocycles. The molecule has 0 atom stereocenters. The molecule has 0 saturated heterocycles. The first-order valence-corrected chi connectivity index (χ1v) is 19.3. The fourth-order valence-corrected chi connectivity index (χ4v) is 6.28. The van der Waals surface area contributed by atoms with E-state index in [1.807, 2.05) is 86.6 Å². The molecule has 62 heavy (non-hydrogen) atoms. The van der Waals surface area contributed by atoms with E-state index in [1.165, 1.54) is 25.0 Å². The second-order valence-electron chi connectivity index (χ2n) is 13.6. The predicted molar refractivity (Wildman–Crippen MR) is 238 cm³/mol. The average molecular weight is 823 g/mol. The van der Waals surface area contributed by atoms with Gasteiger partial charge in [0.2, 0.25) is 0 Å². The minimum Gasteiger partial charge on any atom is -0.478 e. The van der Waals surface area contributed by atoms with Crippen molar-refractivity contribution in [1.29, 1.82) is 0 Å². The molecular formula is C46H38N12O4. The molecule has 0 saturated carbocycles. The van der Waals surface area contributed by atoms with Crippen molar-refractivity contribution in [2.75, 3.05) is 17.2 Å². The van der Waals surface area contributed by atoms with E-state index in [-0.39, 0.29) is 17.1 Å². The van der Waals surface area contributed by atoms with E-state index in [0.29, 0.717) is 85.8 Å². The minimum absolute atomic E-state index is 0.112. The van der Waals surface area contributed by atoms with Gasteiger partial charge >= 0.3 is 5.97 Å². The third kappa shape index (κ3) is 9.29. The van der Waals surface area contributed by atoms with Gasteiger partial charge in [-0.25, -0.2) is 49.7 Å². The number of rotatable bonds is 8. The number of ketones is 2. The van der Waals surface area contributed by atoms with Crippen LogP contribution in [0.25, 0.3) is 66.9 Å². The van der Waals surface area contributed by atoms with E-state index in [4.69, 9.17) is 22.3 Å². The number of benzene rings is 3. The van der Waals surface area contributed by atoms with Crippen LogP contribution < -0.4 is 17.2 Å². The van der Waals surface area contributed by atoms with Gasteiger partial charge in [-0.3, -0.25) is 9.59 Å². The van der Waals surface area contributed by atoms with Crippen molar-refractivity contribution in [1.82, 2.24) is 44.9 Å². The molecule has 0 amide bonds. The van der Waals surface area contributed by atoms with E-state index in [2.05, 4.69) is 44.9 Å². The zero-order chi connectivity index (χ0) is 43.8. The van der Waals surface area contributed by atoms with Gasteiger partial charge in [0.05, 0.1) is 39.2 Å². The van der Waals surface area contributed by atoms with Gasteiger partial charge in [-0.2, -0.15) is 0 Å². The Morgan fingerprint density at radius 2 is 0.774 bits per heavy atom. The number of nitrogen functional groups attached to an aromatic ring is 3. The molecule has 306 valence electrons. The van der Waals surface area contributed by atoms with E-state index in [1.54, 1.807) is 30.3 Å². The van der Waals surface area contributed by atoms with Crippen molar-refractivity contribution in [3.05, 3.63) is 145 Å². The number of anilines is 3. The summed E-state index contributed by atoms with van der Waals surface area (Å²) in [6.45, 7) is 3.70. The van der Waals surface area contributed by atoms with Gasteiger partial charge in [-0.15, -0.1) is 0 Å². The number of fused-ring (bicyclic) bond motifs is 3. The van der Waals surface area contributed by atoms with Crippen LogP contribution in [0.2, 0.25) is 0 Å². The van der Waals surface area contributed by atoms with Crippen LogP contribution in [0.1, 0.15) is 57.8 Å². The number of hydrogen-bond acceptors (Lipinski definition) is 15. The van der Waals surface area contributed by atoms with E-state index in [0.717, 1.165) is 22.5 Å². The fourth-order valence-electron chi connectivity index (χ4n) is 6.28. The summed E-state index contributed by atoms with van der Waals surface area (Å²) in [6.07, 6.45) is 5.17. The molecule has 3 aromatic carbocycles. The number of nitrogens with two attached hydrogens (primary N) is 3. The number of carboxylic acids is 1. The molecule has 7 N–H and O–H groups in total. The van der Waals surface area contributed by atoms with Crippen LogP contribution in [-0.4, -0.2) is 67.5 Å². The Bertz CT molecular complexity index is 3000. The summed E-state index contributed by atoms with van der Waals surface area (Å²) in [5.41, 5.74) is 27.3. The van der Waals surface area contributed by atoms with Gasteiger partial charge in [0.15, 0.2) is 29.0 Å². The molecule has 16 nitrogen and oxygen atoms in total. The molecule has 0 aliphatic heterocycles.